The molecule has 2 rings (SSSR count). The van der Waals surface area contributed by atoms with Crippen LogP contribution >= 0.6 is 0 Å². The summed E-state index contributed by atoms with van der Waals surface area (Å²) in [7, 11) is 0. The molecule has 1 aromatic rings. The van der Waals surface area contributed by atoms with Gasteiger partial charge in [-0.05, 0) is 42.6 Å². The number of nitro benzene ring substituents is 1. The van der Waals surface area contributed by atoms with E-state index in [-0.39, 0.29) is 17.5 Å². The van der Waals surface area contributed by atoms with Crippen LogP contribution in [0.3, 0.4) is 0 Å². The van der Waals surface area contributed by atoms with Crippen molar-refractivity contribution in [3.63, 3.8) is 0 Å². The zero-order valence-electron chi connectivity index (χ0n) is 14.8. The van der Waals surface area contributed by atoms with E-state index in [1.165, 1.54) is 18.6 Å². The number of nitro groups is 1. The maximum Gasteiger partial charge on any atom is 0.269 e. The Morgan fingerprint density at radius 1 is 1.29 bits per heavy atom. The molecule has 0 spiro atoms. The third-order valence-electron chi connectivity index (χ3n) is 5.22. The molecule has 132 valence electrons. The van der Waals surface area contributed by atoms with Crippen LogP contribution in [0.4, 0.5) is 5.69 Å². The molecule has 0 aliphatic heterocycles. The van der Waals surface area contributed by atoms with Gasteiger partial charge in [0.05, 0.1) is 4.92 Å². The molecular formula is C19H28N2O3. The molecule has 5 nitrogen and oxygen atoms in total. The van der Waals surface area contributed by atoms with Crippen molar-refractivity contribution in [2.45, 2.75) is 46.5 Å². The Hall–Kier alpha value is -1.91. The number of nitrogens with one attached hydrogen (secondary N) is 1. The van der Waals surface area contributed by atoms with Crippen molar-refractivity contribution in [3.05, 3.63) is 39.9 Å². The maximum atomic E-state index is 12.6. The van der Waals surface area contributed by atoms with Crippen LogP contribution in [0.25, 0.3) is 0 Å². The molecule has 0 aromatic heterocycles. The highest BCUT2D eigenvalue weighted by Gasteiger charge is 2.35. The minimum atomic E-state index is -0.401. The van der Waals surface area contributed by atoms with Crippen LogP contribution in [0.15, 0.2) is 24.3 Å². The average molecular weight is 332 g/mol. The van der Waals surface area contributed by atoms with E-state index in [1.807, 2.05) is 0 Å². The Kier molecular flexibility index (Phi) is 6.35. The number of hydrogen-bond acceptors (Lipinski definition) is 3. The largest absolute Gasteiger partial charge is 0.356 e. The first kappa shape index (κ1) is 18.4. The number of hydrogen-bond donors (Lipinski definition) is 1. The van der Waals surface area contributed by atoms with Crippen LogP contribution < -0.4 is 5.32 Å². The first-order valence-electron chi connectivity index (χ1n) is 8.89. The van der Waals surface area contributed by atoms with Gasteiger partial charge in [-0.3, -0.25) is 14.9 Å². The van der Waals surface area contributed by atoms with E-state index in [0.29, 0.717) is 30.7 Å². The molecule has 0 unspecified atom stereocenters. The quantitative estimate of drug-likeness (QED) is 0.633. The lowest BCUT2D eigenvalue weighted by Gasteiger charge is -2.36. The van der Waals surface area contributed by atoms with Crippen LogP contribution in [0, 0.1) is 33.8 Å². The average Bonchev–Trinajstić information content (AvgIpc) is 2.54. The van der Waals surface area contributed by atoms with Crippen molar-refractivity contribution in [1.82, 2.24) is 5.32 Å². The topological polar surface area (TPSA) is 72.2 Å². The van der Waals surface area contributed by atoms with E-state index in [4.69, 9.17) is 0 Å². The highest BCUT2D eigenvalue weighted by atomic mass is 16.6. The molecule has 1 N–H and O–H groups in total. The lowest BCUT2D eigenvalue weighted by Crippen LogP contribution is -2.40. The smallest absolute Gasteiger partial charge is 0.269 e. The highest BCUT2D eigenvalue weighted by molar-refractivity contribution is 5.79. The van der Waals surface area contributed by atoms with E-state index < -0.39 is 4.92 Å². The van der Waals surface area contributed by atoms with E-state index >= 15 is 0 Å². The van der Waals surface area contributed by atoms with Gasteiger partial charge in [0.25, 0.3) is 5.69 Å². The van der Waals surface area contributed by atoms with E-state index in [1.54, 1.807) is 12.1 Å². The van der Waals surface area contributed by atoms with E-state index in [0.717, 1.165) is 18.4 Å². The SMILES string of the molecule is CC(C)[C@@H]1CC[C@@H](C)C[C@H]1C(=O)NCCc1ccc([N+](=O)[O-])cc1. The van der Waals surface area contributed by atoms with Gasteiger partial charge in [0, 0.05) is 24.6 Å². The molecule has 1 saturated carbocycles. The van der Waals surface area contributed by atoms with Gasteiger partial charge in [0.1, 0.15) is 0 Å². The van der Waals surface area contributed by atoms with Gasteiger partial charge < -0.3 is 5.32 Å². The fraction of sp³-hybridized carbons (Fsp3) is 0.632. The fourth-order valence-corrected chi connectivity index (χ4v) is 3.75. The molecule has 24 heavy (non-hydrogen) atoms. The van der Waals surface area contributed by atoms with Crippen molar-refractivity contribution < 1.29 is 9.72 Å². The summed E-state index contributed by atoms with van der Waals surface area (Å²) in [5, 5.41) is 13.7. The molecule has 0 saturated heterocycles. The summed E-state index contributed by atoms with van der Waals surface area (Å²) in [4.78, 5) is 22.8. The fourth-order valence-electron chi connectivity index (χ4n) is 3.75. The lowest BCUT2D eigenvalue weighted by molar-refractivity contribution is -0.384. The summed E-state index contributed by atoms with van der Waals surface area (Å²) in [5.41, 5.74) is 1.09. The standard InChI is InChI=1S/C19H28N2O3/c1-13(2)17-9-4-14(3)12-18(17)19(22)20-11-10-15-5-7-16(8-6-15)21(23)24/h5-8,13-14,17-18H,4,9-12H2,1-3H3,(H,20,22)/t14-,17+,18-/m1/s1. The Balaban J connectivity index is 1.86. The van der Waals surface area contributed by atoms with Crippen LogP contribution in [-0.2, 0) is 11.2 Å². The highest BCUT2D eigenvalue weighted by Crippen LogP contribution is 2.38. The predicted molar refractivity (Wildman–Crippen MR) is 94.6 cm³/mol. The Bertz CT molecular complexity index is 568. The molecule has 5 heteroatoms. The van der Waals surface area contributed by atoms with Gasteiger partial charge in [-0.25, -0.2) is 0 Å². The first-order chi connectivity index (χ1) is 11.4. The van der Waals surface area contributed by atoms with Gasteiger partial charge in [-0.2, -0.15) is 0 Å². The molecule has 0 radical (unpaired) electrons. The summed E-state index contributed by atoms with van der Waals surface area (Å²) >= 11 is 0. The van der Waals surface area contributed by atoms with E-state index in [2.05, 4.69) is 26.1 Å². The summed E-state index contributed by atoms with van der Waals surface area (Å²) in [5.74, 6) is 1.90. The summed E-state index contributed by atoms with van der Waals surface area (Å²) in [6.45, 7) is 7.22. The molecule has 1 aliphatic rings. The normalized spacial score (nSPS) is 23.9. The molecule has 1 amide bonds. The number of non-ortho nitro benzene ring substituents is 1. The van der Waals surface area contributed by atoms with Crippen molar-refractivity contribution in [2.24, 2.45) is 23.7 Å². The second-order valence-corrected chi connectivity index (χ2v) is 7.40. The number of carbonyl (C=O) groups excluding carboxylic acids is 1. The molecule has 0 heterocycles. The molecule has 0 bridgehead atoms. The minimum Gasteiger partial charge on any atom is -0.356 e. The second-order valence-electron chi connectivity index (χ2n) is 7.40. The molecule has 1 fully saturated rings. The number of rotatable bonds is 6. The van der Waals surface area contributed by atoms with Crippen LogP contribution in [0.5, 0.6) is 0 Å². The summed E-state index contributed by atoms with van der Waals surface area (Å²) < 4.78 is 0. The lowest BCUT2D eigenvalue weighted by atomic mass is 9.70. The Morgan fingerprint density at radius 2 is 1.96 bits per heavy atom. The van der Waals surface area contributed by atoms with Gasteiger partial charge in [-0.15, -0.1) is 0 Å². The third-order valence-corrected chi connectivity index (χ3v) is 5.22. The minimum absolute atomic E-state index is 0.0961. The van der Waals surface area contributed by atoms with Crippen LogP contribution in [0.2, 0.25) is 0 Å². The Morgan fingerprint density at radius 3 is 2.54 bits per heavy atom. The van der Waals surface area contributed by atoms with Crippen LogP contribution in [-0.4, -0.2) is 17.4 Å². The zero-order valence-corrected chi connectivity index (χ0v) is 14.8. The zero-order chi connectivity index (χ0) is 17.7. The number of amides is 1. The molecular weight excluding hydrogens is 304 g/mol. The predicted octanol–water partition coefficient (Wildman–Crippen LogP) is 3.96. The Labute approximate surface area is 144 Å². The number of carbonyl (C=O) groups is 1. The maximum absolute atomic E-state index is 12.6. The summed E-state index contributed by atoms with van der Waals surface area (Å²) in [6, 6.07) is 6.53. The molecule has 1 aliphatic carbocycles. The number of nitrogens with zero attached hydrogens (tertiary/aromatic N) is 1. The number of benzene rings is 1. The van der Waals surface area contributed by atoms with Crippen molar-refractivity contribution in [1.29, 1.82) is 0 Å². The van der Waals surface area contributed by atoms with Crippen molar-refractivity contribution in [3.8, 4) is 0 Å². The van der Waals surface area contributed by atoms with Gasteiger partial charge in [0.2, 0.25) is 5.91 Å². The van der Waals surface area contributed by atoms with Crippen molar-refractivity contribution >= 4 is 11.6 Å². The molecule has 3 atom stereocenters. The van der Waals surface area contributed by atoms with E-state index in [9.17, 15) is 14.9 Å². The molecule has 1 aromatic carbocycles. The summed E-state index contributed by atoms with van der Waals surface area (Å²) in [6.07, 6.45) is 4.03. The second kappa shape index (κ2) is 8.27. The monoisotopic (exact) mass is 332 g/mol. The van der Waals surface area contributed by atoms with Crippen molar-refractivity contribution in [2.75, 3.05) is 6.54 Å². The first-order valence-corrected chi connectivity index (χ1v) is 8.89. The van der Waals surface area contributed by atoms with Gasteiger partial charge in [-0.1, -0.05) is 39.3 Å². The van der Waals surface area contributed by atoms with Gasteiger partial charge >= 0.3 is 0 Å². The van der Waals surface area contributed by atoms with Crippen LogP contribution in [0.1, 0.15) is 45.6 Å². The third kappa shape index (κ3) is 4.79. The van der Waals surface area contributed by atoms with Gasteiger partial charge in [0.15, 0.2) is 0 Å².